The highest BCUT2D eigenvalue weighted by Crippen LogP contribution is 2.29. The van der Waals surface area contributed by atoms with Gasteiger partial charge in [-0.3, -0.25) is 14.5 Å². The quantitative estimate of drug-likeness (QED) is 0.324. The number of carboxylic acid groups (broad SMARTS) is 1. The number of aromatic nitrogens is 2. The van der Waals surface area contributed by atoms with Crippen LogP contribution < -0.4 is 0 Å². The first kappa shape index (κ1) is 23.0. The number of hydrogen-bond donors (Lipinski definition) is 1. The van der Waals surface area contributed by atoms with Crippen molar-refractivity contribution >= 4 is 51.0 Å². The maximum absolute atomic E-state index is 13.4. The zero-order valence-electron chi connectivity index (χ0n) is 17.8. The summed E-state index contributed by atoms with van der Waals surface area (Å²) in [5, 5.41) is 9.17. The number of hydrogen-bond acceptors (Lipinski definition) is 7. The van der Waals surface area contributed by atoms with Crippen LogP contribution in [0.25, 0.3) is 10.2 Å². The third kappa shape index (κ3) is 4.52. The van der Waals surface area contributed by atoms with Gasteiger partial charge in [0.05, 0.1) is 9.72 Å². The molecule has 2 aromatic heterocycles. The molecule has 0 aliphatic carbocycles. The van der Waals surface area contributed by atoms with Crippen molar-refractivity contribution in [2.24, 2.45) is 0 Å². The molecule has 1 aliphatic heterocycles. The molecule has 1 saturated heterocycles. The molecular formula is C23H21ClN4O4S. The van der Waals surface area contributed by atoms with Crippen LogP contribution in [0.1, 0.15) is 33.5 Å². The van der Waals surface area contributed by atoms with Gasteiger partial charge in [0.25, 0.3) is 11.7 Å². The summed E-state index contributed by atoms with van der Waals surface area (Å²) in [5.41, 5.74) is 0.913. The topological polar surface area (TPSA) is 104 Å². The number of ketones is 1. The Bertz CT molecular complexity index is 1250. The maximum atomic E-state index is 13.4. The summed E-state index contributed by atoms with van der Waals surface area (Å²) in [6.07, 6.45) is 1.82. The molecule has 1 N–H and O–H groups in total. The Morgan fingerprint density at radius 1 is 1.24 bits per heavy atom. The van der Waals surface area contributed by atoms with Crippen molar-refractivity contribution in [3.63, 3.8) is 0 Å². The molecule has 1 fully saturated rings. The number of halogens is 1. The van der Waals surface area contributed by atoms with Crippen molar-refractivity contribution in [1.29, 1.82) is 0 Å². The van der Waals surface area contributed by atoms with Crippen molar-refractivity contribution in [1.82, 2.24) is 19.2 Å². The molecule has 1 amide bonds. The monoisotopic (exact) mass is 484 g/mol. The van der Waals surface area contributed by atoms with Crippen LogP contribution in [0.15, 0.2) is 49.1 Å². The number of carbonyl (C=O) groups is 3. The van der Waals surface area contributed by atoms with E-state index in [9.17, 15) is 14.4 Å². The Hall–Kier alpha value is -3.14. The molecule has 0 unspecified atom stereocenters. The van der Waals surface area contributed by atoms with Gasteiger partial charge in [0.1, 0.15) is 11.2 Å². The van der Waals surface area contributed by atoms with Gasteiger partial charge in [0.2, 0.25) is 0 Å². The molecule has 33 heavy (non-hydrogen) atoms. The summed E-state index contributed by atoms with van der Waals surface area (Å²) in [4.78, 5) is 44.8. The van der Waals surface area contributed by atoms with Gasteiger partial charge in [-0.2, -0.15) is 4.37 Å². The van der Waals surface area contributed by atoms with Gasteiger partial charge in [-0.1, -0.05) is 48.0 Å². The second kappa shape index (κ2) is 9.38. The van der Waals surface area contributed by atoms with E-state index in [0.29, 0.717) is 17.8 Å². The molecule has 8 nitrogen and oxygen atoms in total. The van der Waals surface area contributed by atoms with E-state index in [1.807, 2.05) is 31.2 Å². The lowest BCUT2D eigenvalue weighted by Gasteiger charge is -2.44. The number of carbonyl (C=O) groups excluding carboxylic acids is 2. The lowest BCUT2D eigenvalue weighted by atomic mass is 10.0. The number of aliphatic carboxylic acids is 1. The summed E-state index contributed by atoms with van der Waals surface area (Å²) in [6, 6.07) is 11.4. The zero-order chi connectivity index (χ0) is 23.7. The zero-order valence-corrected chi connectivity index (χ0v) is 19.3. The fraction of sp³-hybridized carbons (Fsp3) is 0.261. The number of rotatable bonds is 6. The number of nitrogens with zero attached hydrogens (tertiary/aromatic N) is 4. The van der Waals surface area contributed by atoms with Gasteiger partial charge < -0.3 is 10.0 Å². The summed E-state index contributed by atoms with van der Waals surface area (Å²) < 4.78 is 4.34. The largest absolute Gasteiger partial charge is 0.475 e. The molecule has 2 atom stereocenters. The highest BCUT2D eigenvalue weighted by atomic mass is 35.5. The van der Waals surface area contributed by atoms with Crippen LogP contribution in [0.3, 0.4) is 0 Å². The van der Waals surface area contributed by atoms with Gasteiger partial charge in [-0.25, -0.2) is 9.78 Å². The van der Waals surface area contributed by atoms with Crippen LogP contribution in [0, 0.1) is 0 Å². The fourth-order valence-electron chi connectivity index (χ4n) is 3.96. The molecule has 0 radical (unpaired) electrons. The number of pyridine rings is 1. The molecular weight excluding hydrogens is 464 g/mol. The average Bonchev–Trinajstić information content (AvgIpc) is 3.20. The second-order valence-corrected chi connectivity index (χ2v) is 9.07. The van der Waals surface area contributed by atoms with Crippen molar-refractivity contribution in [3.05, 3.63) is 71.0 Å². The predicted octanol–water partition coefficient (Wildman–Crippen LogP) is 3.51. The molecule has 1 aromatic carbocycles. The Balaban J connectivity index is 1.61. The van der Waals surface area contributed by atoms with Gasteiger partial charge in [-0.05, 0) is 30.1 Å². The third-order valence-electron chi connectivity index (χ3n) is 5.66. The number of fused-ring (bicyclic) bond motifs is 1. The molecule has 0 bridgehead atoms. The molecule has 3 aromatic rings. The van der Waals surface area contributed by atoms with Crippen LogP contribution in [-0.4, -0.2) is 67.1 Å². The minimum Gasteiger partial charge on any atom is -0.475 e. The Morgan fingerprint density at radius 2 is 1.97 bits per heavy atom. The van der Waals surface area contributed by atoms with Crippen molar-refractivity contribution < 1.29 is 19.5 Å². The standard InChI is InChI=1S/C23H21ClN4O4S/c1-3-15-12-28(13(2)10-27(15)11-14-7-5-4-6-8-14)22(30)18-16(24)9-17-19(25-18)20(26-33-17)21(29)23(31)32/h3-9,13,15H,1,10-12H2,2H3,(H,31,32)/t13-,15+/m1/s1. The van der Waals surface area contributed by atoms with E-state index in [4.69, 9.17) is 16.7 Å². The molecule has 3 heterocycles. The van der Waals surface area contributed by atoms with E-state index in [2.05, 4.69) is 33.0 Å². The predicted molar refractivity (Wildman–Crippen MR) is 126 cm³/mol. The van der Waals surface area contributed by atoms with Crippen LogP contribution in [0.4, 0.5) is 0 Å². The Kier molecular flexibility index (Phi) is 6.55. The number of benzene rings is 1. The van der Waals surface area contributed by atoms with Crippen LogP contribution in [-0.2, 0) is 11.3 Å². The van der Waals surface area contributed by atoms with Crippen LogP contribution in [0.5, 0.6) is 0 Å². The van der Waals surface area contributed by atoms with Gasteiger partial charge >= 0.3 is 5.97 Å². The molecule has 4 rings (SSSR count). The molecule has 170 valence electrons. The van der Waals surface area contributed by atoms with Gasteiger partial charge in [0.15, 0.2) is 5.69 Å². The maximum Gasteiger partial charge on any atom is 0.379 e. The number of carboxylic acids is 1. The van der Waals surface area contributed by atoms with E-state index in [1.54, 1.807) is 4.90 Å². The normalized spacial score (nSPS) is 18.9. The minimum absolute atomic E-state index is 0.0324. The average molecular weight is 485 g/mol. The van der Waals surface area contributed by atoms with E-state index in [0.717, 1.165) is 18.1 Å². The second-order valence-electron chi connectivity index (χ2n) is 7.86. The van der Waals surface area contributed by atoms with Gasteiger partial charge in [0, 0.05) is 31.7 Å². The van der Waals surface area contributed by atoms with Crippen molar-refractivity contribution in [2.45, 2.75) is 25.6 Å². The van der Waals surface area contributed by atoms with Crippen LogP contribution >= 0.6 is 23.1 Å². The lowest BCUT2D eigenvalue weighted by molar-refractivity contribution is -0.131. The Labute approximate surface area is 199 Å². The fourth-order valence-corrected chi connectivity index (χ4v) is 5.02. The lowest BCUT2D eigenvalue weighted by Crippen LogP contribution is -2.58. The number of piperazine rings is 1. The summed E-state index contributed by atoms with van der Waals surface area (Å²) in [5.74, 6) is -3.20. The van der Waals surface area contributed by atoms with Crippen molar-refractivity contribution in [3.8, 4) is 0 Å². The first-order valence-corrected chi connectivity index (χ1v) is 11.4. The molecule has 10 heteroatoms. The van der Waals surface area contributed by atoms with E-state index in [1.165, 1.54) is 11.6 Å². The molecule has 1 aliphatic rings. The van der Waals surface area contributed by atoms with E-state index in [-0.39, 0.29) is 39.9 Å². The smallest absolute Gasteiger partial charge is 0.379 e. The Morgan fingerprint density at radius 3 is 2.64 bits per heavy atom. The van der Waals surface area contributed by atoms with E-state index < -0.39 is 11.8 Å². The number of Topliss-reactive ketones (excluding diaryl/α,β-unsaturated/α-hetero) is 1. The van der Waals surface area contributed by atoms with Crippen molar-refractivity contribution in [2.75, 3.05) is 13.1 Å². The SMILES string of the molecule is C=C[C@H]1CN(C(=O)c2nc3c(C(=O)C(=O)O)nsc3cc2Cl)[C@H](C)CN1Cc1ccccc1. The minimum atomic E-state index is -1.64. The first-order valence-electron chi connectivity index (χ1n) is 10.2. The van der Waals surface area contributed by atoms with Crippen LogP contribution in [0.2, 0.25) is 5.02 Å². The molecule has 0 saturated carbocycles. The first-order chi connectivity index (χ1) is 15.8. The molecule has 0 spiro atoms. The summed E-state index contributed by atoms with van der Waals surface area (Å²) >= 11 is 7.27. The van der Waals surface area contributed by atoms with E-state index >= 15 is 0 Å². The highest BCUT2D eigenvalue weighted by molar-refractivity contribution is 7.13. The third-order valence-corrected chi connectivity index (χ3v) is 6.73. The van der Waals surface area contributed by atoms with Gasteiger partial charge in [-0.15, -0.1) is 6.58 Å². The summed E-state index contributed by atoms with van der Waals surface area (Å²) in [7, 11) is 0. The summed E-state index contributed by atoms with van der Waals surface area (Å²) in [6.45, 7) is 7.65. The highest BCUT2D eigenvalue weighted by Gasteiger charge is 2.35. The number of amides is 1.